The first-order chi connectivity index (χ1) is 12.9. The molecule has 0 radical (unpaired) electrons. The molecule has 0 aliphatic heterocycles. The van der Waals surface area contributed by atoms with Gasteiger partial charge < -0.3 is 10.1 Å². The second-order valence-electron chi connectivity index (χ2n) is 8.45. The highest BCUT2D eigenvalue weighted by Crippen LogP contribution is 2.49. The summed E-state index contributed by atoms with van der Waals surface area (Å²) in [5.74, 6) is 1.68. The quantitative estimate of drug-likeness (QED) is 0.548. The van der Waals surface area contributed by atoms with Gasteiger partial charge in [-0.1, -0.05) is 20.3 Å². The van der Waals surface area contributed by atoms with E-state index in [1.807, 2.05) is 13.8 Å². The Hall–Kier alpha value is -2.17. The van der Waals surface area contributed by atoms with Crippen molar-refractivity contribution in [3.05, 3.63) is 29.8 Å². The Bertz CT molecular complexity index is 695. The van der Waals surface area contributed by atoms with Gasteiger partial charge in [0.15, 0.2) is 12.4 Å². The van der Waals surface area contributed by atoms with Crippen LogP contribution < -0.4 is 5.32 Å². The van der Waals surface area contributed by atoms with Crippen molar-refractivity contribution in [1.29, 1.82) is 0 Å². The molecule has 5 nitrogen and oxygen atoms in total. The fourth-order valence-corrected chi connectivity index (χ4v) is 4.45. The number of nitrogens with one attached hydrogen (secondary N) is 1. The van der Waals surface area contributed by atoms with Crippen LogP contribution in [0.15, 0.2) is 24.3 Å². The summed E-state index contributed by atoms with van der Waals surface area (Å²) in [6, 6.07) is 6.69. The number of fused-ring (bicyclic) bond motifs is 2. The van der Waals surface area contributed by atoms with Crippen molar-refractivity contribution < 1.29 is 19.1 Å². The smallest absolute Gasteiger partial charge is 0.306 e. The van der Waals surface area contributed by atoms with Crippen LogP contribution >= 0.6 is 0 Å². The highest BCUT2D eigenvalue weighted by Gasteiger charge is 2.40. The van der Waals surface area contributed by atoms with Gasteiger partial charge in [0.25, 0.3) is 0 Å². The lowest BCUT2D eigenvalue weighted by molar-refractivity contribution is -0.144. The van der Waals surface area contributed by atoms with Gasteiger partial charge >= 0.3 is 5.97 Å². The average Bonchev–Trinajstić information content (AvgIpc) is 3.22. The van der Waals surface area contributed by atoms with Crippen molar-refractivity contribution in [2.75, 3.05) is 11.9 Å². The molecular weight excluding hydrogens is 342 g/mol. The molecule has 0 aromatic heterocycles. The molecule has 1 aromatic carbocycles. The van der Waals surface area contributed by atoms with Gasteiger partial charge in [0.1, 0.15) is 0 Å². The minimum absolute atomic E-state index is 0.0429. The van der Waals surface area contributed by atoms with Gasteiger partial charge in [-0.3, -0.25) is 14.4 Å². The second-order valence-corrected chi connectivity index (χ2v) is 8.45. The first-order valence-electron chi connectivity index (χ1n) is 9.99. The standard InChI is InChI=1S/C22H29NO4/c1-14(2)9-21(25)23-19-7-5-16(6-8-19)20(24)13-27-22(26)12-18-11-15-3-4-17(18)10-15/h5-8,14-15,17-18H,3-4,9-13H2,1-2H3,(H,23,25)/t15-,17+,18+/m0/s1. The van der Waals surface area contributed by atoms with E-state index in [4.69, 9.17) is 4.74 Å². The molecule has 27 heavy (non-hydrogen) atoms. The molecule has 2 fully saturated rings. The number of carbonyl (C=O) groups excluding carboxylic acids is 3. The van der Waals surface area contributed by atoms with Crippen LogP contribution in [-0.2, 0) is 14.3 Å². The molecular formula is C22H29NO4. The third-order valence-corrected chi connectivity index (χ3v) is 5.76. The summed E-state index contributed by atoms with van der Waals surface area (Å²) >= 11 is 0. The zero-order chi connectivity index (χ0) is 19.4. The Labute approximate surface area is 160 Å². The van der Waals surface area contributed by atoms with Crippen LogP contribution in [0.3, 0.4) is 0 Å². The molecule has 3 rings (SSSR count). The van der Waals surface area contributed by atoms with Crippen molar-refractivity contribution >= 4 is 23.3 Å². The van der Waals surface area contributed by atoms with Crippen LogP contribution in [0.25, 0.3) is 0 Å². The van der Waals surface area contributed by atoms with Crippen LogP contribution in [0.5, 0.6) is 0 Å². The van der Waals surface area contributed by atoms with Crippen LogP contribution in [0, 0.1) is 23.7 Å². The van der Waals surface area contributed by atoms with Gasteiger partial charge in [-0.2, -0.15) is 0 Å². The zero-order valence-corrected chi connectivity index (χ0v) is 16.2. The van der Waals surface area contributed by atoms with Crippen molar-refractivity contribution in [1.82, 2.24) is 0 Å². The Morgan fingerprint density at radius 2 is 1.85 bits per heavy atom. The fraction of sp³-hybridized carbons (Fsp3) is 0.591. The topological polar surface area (TPSA) is 72.5 Å². The molecule has 0 heterocycles. The van der Waals surface area contributed by atoms with E-state index in [0.29, 0.717) is 41.8 Å². The van der Waals surface area contributed by atoms with Crippen molar-refractivity contribution in [3.8, 4) is 0 Å². The lowest BCUT2D eigenvalue weighted by atomic mass is 9.86. The number of ether oxygens (including phenoxy) is 1. The average molecular weight is 371 g/mol. The number of hydrogen-bond donors (Lipinski definition) is 1. The minimum Gasteiger partial charge on any atom is -0.457 e. The number of rotatable bonds is 8. The number of Topliss-reactive ketones (excluding diaryl/α,β-unsaturated/α-hetero) is 1. The molecule has 0 unspecified atom stereocenters. The highest BCUT2D eigenvalue weighted by molar-refractivity contribution is 5.98. The molecule has 2 bridgehead atoms. The van der Waals surface area contributed by atoms with E-state index in [0.717, 1.165) is 12.3 Å². The third kappa shape index (κ3) is 5.41. The van der Waals surface area contributed by atoms with Gasteiger partial charge in [0.05, 0.1) is 0 Å². The molecule has 5 heteroatoms. The van der Waals surface area contributed by atoms with Crippen molar-refractivity contribution in [3.63, 3.8) is 0 Å². The predicted molar refractivity (Wildman–Crippen MR) is 103 cm³/mol. The maximum absolute atomic E-state index is 12.2. The van der Waals surface area contributed by atoms with Crippen molar-refractivity contribution in [2.24, 2.45) is 23.7 Å². The number of esters is 1. The molecule has 3 atom stereocenters. The molecule has 2 aliphatic carbocycles. The lowest BCUT2D eigenvalue weighted by Gasteiger charge is -2.20. The number of amides is 1. The third-order valence-electron chi connectivity index (χ3n) is 5.76. The molecule has 1 amide bonds. The van der Waals surface area contributed by atoms with E-state index < -0.39 is 0 Å². The largest absolute Gasteiger partial charge is 0.457 e. The Morgan fingerprint density at radius 3 is 2.44 bits per heavy atom. The monoisotopic (exact) mass is 371 g/mol. The first kappa shape index (κ1) is 19.6. The fourth-order valence-electron chi connectivity index (χ4n) is 4.45. The molecule has 1 aromatic rings. The number of ketones is 1. The van der Waals surface area contributed by atoms with Crippen molar-refractivity contribution in [2.45, 2.75) is 52.4 Å². The summed E-state index contributed by atoms with van der Waals surface area (Å²) in [5.41, 5.74) is 1.13. The number of carbonyl (C=O) groups is 3. The summed E-state index contributed by atoms with van der Waals surface area (Å²) in [6.07, 6.45) is 5.84. The molecule has 0 spiro atoms. The maximum Gasteiger partial charge on any atom is 0.306 e. The second kappa shape index (κ2) is 8.68. The van der Waals surface area contributed by atoms with Crippen LogP contribution in [0.2, 0.25) is 0 Å². The molecule has 146 valence electrons. The van der Waals surface area contributed by atoms with Crippen LogP contribution in [0.4, 0.5) is 5.69 Å². The molecule has 2 saturated carbocycles. The van der Waals surface area contributed by atoms with E-state index >= 15 is 0 Å². The number of anilines is 1. The summed E-state index contributed by atoms with van der Waals surface area (Å²) < 4.78 is 5.21. The van der Waals surface area contributed by atoms with E-state index in [1.54, 1.807) is 24.3 Å². The zero-order valence-electron chi connectivity index (χ0n) is 16.2. The van der Waals surface area contributed by atoms with E-state index in [9.17, 15) is 14.4 Å². The SMILES string of the molecule is CC(C)CC(=O)Nc1ccc(C(=O)COC(=O)C[C@H]2C[C@H]3CC[C@@H]2C3)cc1. The predicted octanol–water partition coefficient (Wildman–Crippen LogP) is 4.22. The van der Waals surface area contributed by atoms with Gasteiger partial charge in [-0.05, 0) is 67.2 Å². The summed E-state index contributed by atoms with van der Waals surface area (Å²) in [7, 11) is 0. The van der Waals surface area contributed by atoms with E-state index in [-0.39, 0.29) is 24.3 Å². The van der Waals surface area contributed by atoms with E-state index in [2.05, 4.69) is 5.32 Å². The van der Waals surface area contributed by atoms with E-state index in [1.165, 1.54) is 19.3 Å². The first-order valence-corrected chi connectivity index (χ1v) is 9.99. The van der Waals surface area contributed by atoms with Crippen LogP contribution in [0.1, 0.15) is 62.7 Å². The maximum atomic E-state index is 12.2. The summed E-state index contributed by atoms with van der Waals surface area (Å²) in [5, 5.41) is 2.81. The molecule has 2 aliphatic rings. The van der Waals surface area contributed by atoms with Gasteiger partial charge in [0.2, 0.25) is 5.91 Å². The normalized spacial score (nSPS) is 23.4. The molecule has 1 N–H and O–H groups in total. The van der Waals surface area contributed by atoms with Gasteiger partial charge in [-0.15, -0.1) is 0 Å². The van der Waals surface area contributed by atoms with Gasteiger partial charge in [0, 0.05) is 24.1 Å². The Balaban J connectivity index is 1.42. The minimum atomic E-state index is -0.265. The van der Waals surface area contributed by atoms with Crippen LogP contribution in [-0.4, -0.2) is 24.3 Å². The van der Waals surface area contributed by atoms with Gasteiger partial charge in [-0.25, -0.2) is 0 Å². The Kier molecular flexibility index (Phi) is 6.30. The summed E-state index contributed by atoms with van der Waals surface area (Å²) in [6.45, 7) is 3.75. The molecule has 0 saturated heterocycles. The number of benzene rings is 1. The Morgan fingerprint density at radius 1 is 1.11 bits per heavy atom. The lowest BCUT2D eigenvalue weighted by Crippen LogP contribution is -2.19. The highest BCUT2D eigenvalue weighted by atomic mass is 16.5. The summed E-state index contributed by atoms with van der Waals surface area (Å²) in [4.78, 5) is 36.1. The number of hydrogen-bond acceptors (Lipinski definition) is 4.